The highest BCUT2D eigenvalue weighted by molar-refractivity contribution is 8.68. The van der Waals surface area contributed by atoms with Gasteiger partial charge < -0.3 is 9.19 Å². The van der Waals surface area contributed by atoms with Crippen molar-refractivity contribution in [2.75, 3.05) is 19.4 Å². The average molecular weight is 285 g/mol. The maximum absolute atomic E-state index is 5.68. The van der Waals surface area contributed by atoms with E-state index in [9.17, 15) is 0 Å². The van der Waals surface area contributed by atoms with Crippen molar-refractivity contribution in [1.29, 1.82) is 0 Å². The highest BCUT2D eigenvalue weighted by Gasteiger charge is 2.21. The second kappa shape index (κ2) is 8.02. The minimum atomic E-state index is -1.94. The number of hydrogen-bond donors (Lipinski definition) is 0. The zero-order valence-electron chi connectivity index (χ0n) is 9.80. The second-order valence-electron chi connectivity index (χ2n) is 3.58. The summed E-state index contributed by atoms with van der Waals surface area (Å²) in [6.45, 7) is 7.06. The quantitative estimate of drug-likeness (QED) is 0.493. The SMILES string of the molecule is CCOP(=S)(SCCC(C)C)N(C)C=S. The minimum absolute atomic E-state index is 0.652. The molecule has 0 saturated heterocycles. The molecule has 0 aromatic heterocycles. The van der Waals surface area contributed by atoms with Crippen molar-refractivity contribution in [2.45, 2.75) is 27.2 Å². The van der Waals surface area contributed by atoms with Gasteiger partial charge in [-0.25, -0.2) is 0 Å². The molecule has 6 heteroatoms. The standard InChI is InChI=1S/C9H20NOPS3/c1-5-11-12(14,10(4)8-13)15-7-6-9(2)3/h8-9H,5-7H2,1-4H3. The van der Waals surface area contributed by atoms with Crippen LogP contribution < -0.4 is 0 Å². The largest absolute Gasteiger partial charge is 0.327 e. The first-order valence-electron chi connectivity index (χ1n) is 5.04. The van der Waals surface area contributed by atoms with Crippen LogP contribution in [-0.4, -0.2) is 29.6 Å². The first-order valence-corrected chi connectivity index (χ1v) is 9.77. The van der Waals surface area contributed by atoms with Crippen LogP contribution in [-0.2, 0) is 16.3 Å². The van der Waals surface area contributed by atoms with E-state index in [0.29, 0.717) is 12.5 Å². The van der Waals surface area contributed by atoms with Gasteiger partial charge in [-0.05, 0) is 31.1 Å². The van der Waals surface area contributed by atoms with Crippen molar-refractivity contribution < 1.29 is 4.52 Å². The van der Waals surface area contributed by atoms with Gasteiger partial charge in [0.05, 0.1) is 12.1 Å². The predicted octanol–water partition coefficient (Wildman–Crippen LogP) is 3.92. The summed E-state index contributed by atoms with van der Waals surface area (Å²) in [5.74, 6) is 1.75. The Morgan fingerprint density at radius 3 is 2.53 bits per heavy atom. The zero-order chi connectivity index (χ0) is 11.9. The van der Waals surface area contributed by atoms with E-state index in [2.05, 4.69) is 13.8 Å². The molecule has 0 aromatic rings. The normalized spacial score (nSPS) is 15.0. The van der Waals surface area contributed by atoms with E-state index >= 15 is 0 Å². The molecule has 0 heterocycles. The molecular weight excluding hydrogens is 265 g/mol. The van der Waals surface area contributed by atoms with Gasteiger partial charge in [0.1, 0.15) is 0 Å². The third-order valence-corrected chi connectivity index (χ3v) is 9.12. The topological polar surface area (TPSA) is 12.5 Å². The maximum Gasteiger partial charge on any atom is 0.213 e. The molecule has 90 valence electrons. The van der Waals surface area contributed by atoms with Crippen LogP contribution in [0.3, 0.4) is 0 Å². The fourth-order valence-corrected chi connectivity index (χ4v) is 6.65. The molecule has 0 spiro atoms. The summed E-state index contributed by atoms with van der Waals surface area (Å²) >= 11 is 12.2. The van der Waals surface area contributed by atoms with E-state index in [-0.39, 0.29) is 0 Å². The van der Waals surface area contributed by atoms with Crippen LogP contribution in [0.2, 0.25) is 0 Å². The van der Waals surface area contributed by atoms with Crippen LogP contribution in [0.4, 0.5) is 0 Å². The Morgan fingerprint density at radius 2 is 2.13 bits per heavy atom. The Bertz CT molecular complexity index is 235. The van der Waals surface area contributed by atoms with Gasteiger partial charge in [0.25, 0.3) is 0 Å². The zero-order valence-corrected chi connectivity index (χ0v) is 13.1. The molecule has 0 aromatic carbocycles. The number of hydrogen-bond acceptors (Lipinski definition) is 4. The van der Waals surface area contributed by atoms with E-state index in [1.165, 1.54) is 6.42 Å². The van der Waals surface area contributed by atoms with Crippen molar-refractivity contribution >= 4 is 46.5 Å². The molecule has 0 aliphatic carbocycles. The molecule has 0 aliphatic rings. The fourth-order valence-electron chi connectivity index (χ4n) is 0.844. The van der Waals surface area contributed by atoms with Crippen LogP contribution in [0.15, 0.2) is 0 Å². The molecule has 2 nitrogen and oxygen atoms in total. The van der Waals surface area contributed by atoms with E-state index in [0.717, 1.165) is 5.75 Å². The molecule has 0 N–H and O–H groups in total. The van der Waals surface area contributed by atoms with Crippen LogP contribution >= 0.6 is 29.2 Å². The van der Waals surface area contributed by atoms with Crippen molar-refractivity contribution in [3.63, 3.8) is 0 Å². The monoisotopic (exact) mass is 285 g/mol. The Labute approximate surface area is 108 Å². The van der Waals surface area contributed by atoms with Gasteiger partial charge in [-0.15, -0.1) is 0 Å². The maximum atomic E-state index is 5.68. The molecule has 0 fully saturated rings. The summed E-state index contributed by atoms with van der Waals surface area (Å²) in [5.41, 5.74) is -0.347. The third kappa shape index (κ3) is 6.22. The van der Waals surface area contributed by atoms with E-state index < -0.39 is 5.62 Å². The molecular formula is C9H20NOPS3. The number of thiocarbonyl (C=S) groups is 1. The minimum Gasteiger partial charge on any atom is -0.327 e. The molecule has 1 atom stereocenters. The fraction of sp³-hybridized carbons (Fsp3) is 0.889. The lowest BCUT2D eigenvalue weighted by molar-refractivity contribution is 0.369. The molecule has 0 bridgehead atoms. The first kappa shape index (κ1) is 15.9. The number of nitrogens with zero attached hydrogens (tertiary/aromatic N) is 1. The Kier molecular flexibility index (Phi) is 8.47. The van der Waals surface area contributed by atoms with E-state index in [1.54, 1.807) is 16.9 Å². The summed E-state index contributed by atoms with van der Waals surface area (Å²) < 4.78 is 7.56. The lowest BCUT2D eigenvalue weighted by Crippen LogP contribution is -2.11. The highest BCUT2D eigenvalue weighted by Crippen LogP contribution is 2.61. The molecule has 1 unspecified atom stereocenters. The third-order valence-electron chi connectivity index (χ3n) is 1.78. The highest BCUT2D eigenvalue weighted by atomic mass is 32.9. The van der Waals surface area contributed by atoms with Gasteiger partial charge in [-0.1, -0.05) is 37.4 Å². The van der Waals surface area contributed by atoms with Crippen molar-refractivity contribution in [1.82, 2.24) is 4.67 Å². The average Bonchev–Trinajstić information content (AvgIpc) is 2.16. The molecule has 0 aliphatic heterocycles. The molecule has 15 heavy (non-hydrogen) atoms. The van der Waals surface area contributed by atoms with Gasteiger partial charge in [0, 0.05) is 12.8 Å². The van der Waals surface area contributed by atoms with Crippen molar-refractivity contribution in [3.05, 3.63) is 0 Å². The van der Waals surface area contributed by atoms with Crippen LogP contribution in [0, 0.1) is 5.92 Å². The Hall–Kier alpha value is 0.850. The first-order chi connectivity index (χ1) is 6.96. The summed E-state index contributed by atoms with van der Waals surface area (Å²) in [7, 11) is 1.91. The molecule has 0 amide bonds. The molecule has 0 radical (unpaired) electrons. The summed E-state index contributed by atoms with van der Waals surface area (Å²) in [4.78, 5) is 0. The lowest BCUT2D eigenvalue weighted by atomic mass is 10.2. The Balaban J connectivity index is 4.25. The van der Waals surface area contributed by atoms with Gasteiger partial charge in [0.15, 0.2) is 0 Å². The molecule has 0 rings (SSSR count). The van der Waals surface area contributed by atoms with Gasteiger partial charge in [0.2, 0.25) is 5.62 Å². The van der Waals surface area contributed by atoms with Gasteiger partial charge in [-0.2, -0.15) is 0 Å². The van der Waals surface area contributed by atoms with Crippen LogP contribution in [0.25, 0.3) is 0 Å². The van der Waals surface area contributed by atoms with E-state index in [4.69, 9.17) is 28.5 Å². The molecule has 0 saturated carbocycles. The van der Waals surface area contributed by atoms with Crippen molar-refractivity contribution in [3.8, 4) is 0 Å². The van der Waals surface area contributed by atoms with Crippen molar-refractivity contribution in [2.24, 2.45) is 5.92 Å². The lowest BCUT2D eigenvalue weighted by Gasteiger charge is -2.28. The van der Waals surface area contributed by atoms with Crippen LogP contribution in [0.1, 0.15) is 27.2 Å². The van der Waals surface area contributed by atoms with Crippen LogP contribution in [0.5, 0.6) is 0 Å². The van der Waals surface area contributed by atoms with Gasteiger partial charge >= 0.3 is 0 Å². The number of rotatable bonds is 8. The van der Waals surface area contributed by atoms with Gasteiger partial charge in [-0.3, -0.25) is 0 Å². The Morgan fingerprint density at radius 1 is 1.53 bits per heavy atom. The summed E-state index contributed by atoms with van der Waals surface area (Å²) in [6.07, 6.45) is 1.17. The summed E-state index contributed by atoms with van der Waals surface area (Å²) in [6, 6.07) is 0. The smallest absolute Gasteiger partial charge is 0.213 e. The van der Waals surface area contributed by atoms with E-state index in [1.807, 2.05) is 18.6 Å². The second-order valence-corrected chi connectivity index (χ2v) is 10.7. The predicted molar refractivity (Wildman–Crippen MR) is 79.2 cm³/mol. The summed E-state index contributed by atoms with van der Waals surface area (Å²) in [5, 5.41) is 0.